The monoisotopic (exact) mass is 308 g/mol. The number of halogens is 1. The van der Waals surface area contributed by atoms with Gasteiger partial charge in [-0.1, -0.05) is 18.2 Å². The first-order chi connectivity index (χ1) is 9.92. The lowest BCUT2D eigenvalue weighted by Gasteiger charge is -2.10. The number of sulfonamides is 1. The Morgan fingerprint density at radius 3 is 2.38 bits per heavy atom. The summed E-state index contributed by atoms with van der Waals surface area (Å²) in [5, 5.41) is 2.98. The Bertz CT molecular complexity index is 728. The molecular formula is C15H17FN2O2S. The van der Waals surface area contributed by atoms with Crippen molar-refractivity contribution in [3.63, 3.8) is 0 Å². The first kappa shape index (κ1) is 15.5. The Hall–Kier alpha value is -1.92. The fourth-order valence-corrected chi connectivity index (χ4v) is 2.97. The molecule has 2 aromatic rings. The molecule has 2 rings (SSSR count). The molecule has 2 N–H and O–H groups in total. The third-order valence-electron chi connectivity index (χ3n) is 2.98. The fourth-order valence-electron chi connectivity index (χ4n) is 1.91. The van der Waals surface area contributed by atoms with Gasteiger partial charge >= 0.3 is 0 Å². The Morgan fingerprint density at radius 2 is 1.76 bits per heavy atom. The van der Waals surface area contributed by atoms with Crippen molar-refractivity contribution in [3.05, 3.63) is 59.4 Å². The van der Waals surface area contributed by atoms with Crippen LogP contribution in [0.1, 0.15) is 11.1 Å². The molecule has 0 aromatic heterocycles. The molecule has 0 saturated heterocycles. The van der Waals surface area contributed by atoms with Gasteiger partial charge in [-0.3, -0.25) is 4.72 Å². The maximum Gasteiger partial charge on any atom is 0.261 e. The summed E-state index contributed by atoms with van der Waals surface area (Å²) in [5.74, 6) is -0.601. The summed E-state index contributed by atoms with van der Waals surface area (Å²) in [7, 11) is -1.98. The van der Waals surface area contributed by atoms with Gasteiger partial charge in [0.1, 0.15) is 5.82 Å². The molecule has 0 aliphatic rings. The van der Waals surface area contributed by atoms with Gasteiger partial charge in [-0.05, 0) is 49.4 Å². The van der Waals surface area contributed by atoms with Crippen molar-refractivity contribution in [1.29, 1.82) is 0 Å². The van der Waals surface area contributed by atoms with Crippen molar-refractivity contribution in [3.8, 4) is 0 Å². The summed E-state index contributed by atoms with van der Waals surface area (Å²) in [6, 6.07) is 10.7. The Balaban J connectivity index is 2.27. The highest BCUT2D eigenvalue weighted by molar-refractivity contribution is 7.92. The van der Waals surface area contributed by atoms with Crippen molar-refractivity contribution in [1.82, 2.24) is 5.32 Å². The van der Waals surface area contributed by atoms with Gasteiger partial charge in [0.25, 0.3) is 10.0 Å². The van der Waals surface area contributed by atoms with Crippen LogP contribution in [0.25, 0.3) is 0 Å². The van der Waals surface area contributed by atoms with Crippen molar-refractivity contribution in [2.75, 3.05) is 11.8 Å². The van der Waals surface area contributed by atoms with Gasteiger partial charge in [-0.2, -0.15) is 0 Å². The van der Waals surface area contributed by atoms with Crippen molar-refractivity contribution in [2.45, 2.75) is 18.4 Å². The minimum atomic E-state index is -3.79. The Kier molecular flexibility index (Phi) is 4.59. The second-order valence-electron chi connectivity index (χ2n) is 4.76. The van der Waals surface area contributed by atoms with Crippen LogP contribution in [0.4, 0.5) is 10.1 Å². The number of benzene rings is 2. The molecule has 0 fully saturated rings. The predicted octanol–water partition coefficient (Wildman–Crippen LogP) is 2.65. The third-order valence-corrected chi connectivity index (χ3v) is 4.36. The minimum absolute atomic E-state index is 0.0469. The molecule has 4 nitrogen and oxygen atoms in total. The average Bonchev–Trinajstić information content (AvgIpc) is 2.44. The van der Waals surface area contributed by atoms with Gasteiger partial charge in [0.2, 0.25) is 0 Å². The topological polar surface area (TPSA) is 58.2 Å². The molecule has 0 bridgehead atoms. The maximum absolute atomic E-state index is 13.6. The second-order valence-corrected chi connectivity index (χ2v) is 6.45. The van der Waals surface area contributed by atoms with E-state index in [4.69, 9.17) is 0 Å². The van der Waals surface area contributed by atoms with Gasteiger partial charge in [0.05, 0.1) is 10.6 Å². The van der Waals surface area contributed by atoms with E-state index >= 15 is 0 Å². The van der Waals surface area contributed by atoms with Crippen LogP contribution in [-0.2, 0) is 16.6 Å². The molecule has 21 heavy (non-hydrogen) atoms. The van der Waals surface area contributed by atoms with Gasteiger partial charge in [0, 0.05) is 6.54 Å². The van der Waals surface area contributed by atoms with E-state index in [1.807, 2.05) is 7.05 Å². The van der Waals surface area contributed by atoms with E-state index in [1.54, 1.807) is 25.1 Å². The molecule has 0 heterocycles. The Morgan fingerprint density at radius 1 is 1.10 bits per heavy atom. The molecule has 0 atom stereocenters. The summed E-state index contributed by atoms with van der Waals surface area (Å²) >= 11 is 0. The van der Waals surface area contributed by atoms with E-state index in [1.165, 1.54) is 24.3 Å². The van der Waals surface area contributed by atoms with Gasteiger partial charge in [-0.25, -0.2) is 12.8 Å². The Labute approximate surface area is 124 Å². The van der Waals surface area contributed by atoms with Gasteiger partial charge in [0.15, 0.2) is 0 Å². The zero-order chi connectivity index (χ0) is 15.5. The smallest absolute Gasteiger partial charge is 0.261 e. The normalized spacial score (nSPS) is 11.4. The van der Waals surface area contributed by atoms with Crippen molar-refractivity contribution >= 4 is 15.7 Å². The molecule has 6 heteroatoms. The number of hydrogen-bond donors (Lipinski definition) is 2. The highest BCUT2D eigenvalue weighted by Crippen LogP contribution is 2.20. The van der Waals surface area contributed by atoms with Crippen LogP contribution >= 0.6 is 0 Å². The van der Waals surface area contributed by atoms with E-state index in [0.717, 1.165) is 11.1 Å². The van der Waals surface area contributed by atoms with Crippen LogP contribution in [0.15, 0.2) is 47.4 Å². The summed E-state index contributed by atoms with van der Waals surface area (Å²) in [5.41, 5.74) is 1.70. The van der Waals surface area contributed by atoms with E-state index < -0.39 is 15.8 Å². The number of hydrogen-bond acceptors (Lipinski definition) is 3. The molecule has 0 saturated carbocycles. The van der Waals surface area contributed by atoms with Gasteiger partial charge < -0.3 is 5.32 Å². The molecule has 0 aliphatic heterocycles. The van der Waals surface area contributed by atoms with Gasteiger partial charge in [-0.15, -0.1) is 0 Å². The molecule has 0 spiro atoms. The number of aryl methyl sites for hydroxylation is 1. The summed E-state index contributed by atoms with van der Waals surface area (Å²) in [6.45, 7) is 2.42. The molecule has 0 radical (unpaired) electrons. The SMILES string of the molecule is CNCc1ccc(S(=O)(=O)Nc2cc(C)ccc2F)cc1. The maximum atomic E-state index is 13.6. The lowest BCUT2D eigenvalue weighted by Crippen LogP contribution is -2.14. The van der Waals surface area contributed by atoms with Crippen LogP contribution in [0.3, 0.4) is 0 Å². The van der Waals surface area contributed by atoms with E-state index in [0.29, 0.717) is 6.54 Å². The highest BCUT2D eigenvalue weighted by atomic mass is 32.2. The van der Waals surface area contributed by atoms with Crippen molar-refractivity contribution < 1.29 is 12.8 Å². The number of nitrogens with one attached hydrogen (secondary N) is 2. The molecule has 112 valence electrons. The summed E-state index contributed by atoms with van der Waals surface area (Å²) < 4.78 is 40.4. The molecule has 2 aromatic carbocycles. The lowest BCUT2D eigenvalue weighted by atomic mass is 10.2. The van der Waals surface area contributed by atoms with E-state index in [9.17, 15) is 12.8 Å². The van der Waals surface area contributed by atoms with Crippen molar-refractivity contribution in [2.24, 2.45) is 0 Å². The molecule has 0 unspecified atom stereocenters. The number of anilines is 1. The second kappa shape index (κ2) is 6.24. The largest absolute Gasteiger partial charge is 0.316 e. The molecular weight excluding hydrogens is 291 g/mol. The number of rotatable bonds is 5. The zero-order valence-corrected chi connectivity index (χ0v) is 12.7. The predicted molar refractivity (Wildman–Crippen MR) is 81.2 cm³/mol. The van der Waals surface area contributed by atoms with E-state index in [-0.39, 0.29) is 10.6 Å². The minimum Gasteiger partial charge on any atom is -0.316 e. The summed E-state index contributed by atoms with van der Waals surface area (Å²) in [4.78, 5) is 0.100. The highest BCUT2D eigenvalue weighted by Gasteiger charge is 2.16. The first-order valence-electron chi connectivity index (χ1n) is 6.45. The van der Waals surface area contributed by atoms with Crippen LogP contribution in [0.5, 0.6) is 0 Å². The molecule has 0 amide bonds. The summed E-state index contributed by atoms with van der Waals surface area (Å²) in [6.07, 6.45) is 0. The fraction of sp³-hybridized carbons (Fsp3) is 0.200. The standard InChI is InChI=1S/C15H17FN2O2S/c1-11-3-8-14(16)15(9-11)18-21(19,20)13-6-4-12(5-7-13)10-17-2/h3-9,17-18H,10H2,1-2H3. The van der Waals surface area contributed by atoms with E-state index in [2.05, 4.69) is 10.0 Å². The van der Waals surface area contributed by atoms with Crippen LogP contribution in [0, 0.1) is 12.7 Å². The van der Waals surface area contributed by atoms with Crippen LogP contribution in [-0.4, -0.2) is 15.5 Å². The van der Waals surface area contributed by atoms with Crippen LogP contribution < -0.4 is 10.0 Å². The third kappa shape index (κ3) is 3.80. The van der Waals surface area contributed by atoms with Crippen LogP contribution in [0.2, 0.25) is 0 Å². The lowest BCUT2D eigenvalue weighted by molar-refractivity contribution is 0.598. The molecule has 0 aliphatic carbocycles. The first-order valence-corrected chi connectivity index (χ1v) is 7.93. The zero-order valence-electron chi connectivity index (χ0n) is 11.9. The quantitative estimate of drug-likeness (QED) is 0.893. The average molecular weight is 308 g/mol.